The first-order valence-electron chi connectivity index (χ1n) is 7.44. The van der Waals surface area contributed by atoms with Crippen molar-refractivity contribution < 1.29 is 4.79 Å². The molecule has 0 fully saturated rings. The molecule has 0 saturated heterocycles. The molecule has 0 aliphatic heterocycles. The van der Waals surface area contributed by atoms with Gasteiger partial charge >= 0.3 is 0 Å². The molecule has 1 heteroatoms. The Kier molecular flexibility index (Phi) is 3.66. The molecular formula is C19H26O. The van der Waals surface area contributed by atoms with Crippen LogP contribution in [0.4, 0.5) is 0 Å². The monoisotopic (exact) mass is 270 g/mol. The van der Waals surface area contributed by atoms with Crippen LogP contribution in [0, 0.1) is 11.8 Å². The highest BCUT2D eigenvalue weighted by atomic mass is 16.1. The summed E-state index contributed by atoms with van der Waals surface area (Å²) in [5.41, 5.74) is 10.2. The minimum Gasteiger partial charge on any atom is -0.298 e. The van der Waals surface area contributed by atoms with E-state index in [1.807, 2.05) is 0 Å². The Morgan fingerprint density at radius 3 is 0.950 bits per heavy atom. The lowest BCUT2D eigenvalue weighted by Gasteiger charge is -2.21. The van der Waals surface area contributed by atoms with E-state index >= 15 is 0 Å². The fraction of sp³-hybridized carbons (Fsp3) is 0.526. The molecule has 0 aromatic rings. The number of ketones is 1. The third kappa shape index (κ3) is 1.87. The fourth-order valence-electron chi connectivity index (χ4n) is 3.72. The number of allylic oxidation sites excluding steroid dienone is 8. The van der Waals surface area contributed by atoms with Crippen LogP contribution in [0.1, 0.15) is 55.4 Å². The molecule has 0 saturated carbocycles. The molecule has 20 heavy (non-hydrogen) atoms. The second-order valence-electron chi connectivity index (χ2n) is 6.50. The average Bonchev–Trinajstić information content (AvgIpc) is 2.71. The molecule has 0 radical (unpaired) electrons. The van der Waals surface area contributed by atoms with Crippen LogP contribution in [-0.2, 0) is 4.79 Å². The summed E-state index contributed by atoms with van der Waals surface area (Å²) in [6.07, 6.45) is 0. The molecule has 0 aromatic carbocycles. The maximum absolute atomic E-state index is 13.1. The normalized spacial score (nSPS) is 22.0. The van der Waals surface area contributed by atoms with E-state index < -0.39 is 0 Å². The second kappa shape index (κ2) is 4.87. The van der Waals surface area contributed by atoms with Gasteiger partial charge in [0, 0.05) is 0 Å². The standard InChI is InChI=1S/C19H26O/c1-9-10(2)14(6)17(13(9)5)19(20)18-15(7)11(3)12(4)16(18)8/h17-18H,1-8H3. The first kappa shape index (κ1) is 15.0. The lowest BCUT2D eigenvalue weighted by Crippen LogP contribution is -2.25. The molecule has 0 aromatic heterocycles. The van der Waals surface area contributed by atoms with Crippen molar-refractivity contribution in [3.05, 3.63) is 44.6 Å². The Labute approximate surface area is 123 Å². The zero-order valence-electron chi connectivity index (χ0n) is 14.1. The van der Waals surface area contributed by atoms with E-state index in [1.165, 1.54) is 44.6 Å². The Morgan fingerprint density at radius 1 is 0.550 bits per heavy atom. The topological polar surface area (TPSA) is 17.1 Å². The summed E-state index contributed by atoms with van der Waals surface area (Å²) >= 11 is 0. The van der Waals surface area contributed by atoms with Gasteiger partial charge in [0.15, 0.2) is 5.78 Å². The number of carbonyl (C=O) groups excluding carboxylic acids is 1. The molecule has 0 heterocycles. The van der Waals surface area contributed by atoms with Crippen molar-refractivity contribution in [1.29, 1.82) is 0 Å². The van der Waals surface area contributed by atoms with Gasteiger partial charge < -0.3 is 0 Å². The third-order valence-electron chi connectivity index (χ3n) is 5.79. The number of hydrogen-bond donors (Lipinski definition) is 0. The van der Waals surface area contributed by atoms with Gasteiger partial charge in [-0.3, -0.25) is 4.79 Å². The molecule has 2 aliphatic rings. The van der Waals surface area contributed by atoms with Crippen LogP contribution in [-0.4, -0.2) is 5.78 Å². The summed E-state index contributed by atoms with van der Waals surface area (Å²) < 4.78 is 0. The van der Waals surface area contributed by atoms with Crippen molar-refractivity contribution >= 4 is 5.78 Å². The molecule has 108 valence electrons. The van der Waals surface area contributed by atoms with Crippen LogP contribution >= 0.6 is 0 Å². The predicted octanol–water partition coefficient (Wildman–Crippen LogP) is 5.16. The molecule has 0 N–H and O–H groups in total. The second-order valence-corrected chi connectivity index (χ2v) is 6.50. The van der Waals surface area contributed by atoms with Gasteiger partial charge in [0.05, 0.1) is 11.8 Å². The summed E-state index contributed by atoms with van der Waals surface area (Å²) in [5, 5.41) is 0. The van der Waals surface area contributed by atoms with Crippen LogP contribution in [0.15, 0.2) is 44.6 Å². The summed E-state index contributed by atoms with van der Waals surface area (Å²) in [6.45, 7) is 17.0. The molecule has 2 rings (SSSR count). The van der Waals surface area contributed by atoms with E-state index in [1.54, 1.807) is 0 Å². The molecule has 0 atom stereocenters. The highest BCUT2D eigenvalue weighted by Gasteiger charge is 2.38. The largest absolute Gasteiger partial charge is 0.298 e. The van der Waals surface area contributed by atoms with E-state index in [-0.39, 0.29) is 11.8 Å². The Balaban J connectivity index is 2.46. The van der Waals surface area contributed by atoms with Gasteiger partial charge in [0.25, 0.3) is 0 Å². The fourth-order valence-corrected chi connectivity index (χ4v) is 3.72. The lowest BCUT2D eigenvalue weighted by molar-refractivity contribution is -0.122. The van der Waals surface area contributed by atoms with Crippen LogP contribution in [0.2, 0.25) is 0 Å². The van der Waals surface area contributed by atoms with Crippen LogP contribution in [0.3, 0.4) is 0 Å². The van der Waals surface area contributed by atoms with E-state index in [0.717, 1.165) is 0 Å². The summed E-state index contributed by atoms with van der Waals surface area (Å²) in [4.78, 5) is 13.1. The SMILES string of the molecule is CC1=C(C)C(C(=O)C2C(C)=C(C)C(C)=C2C)C(C)=C1C. The molecule has 0 unspecified atom stereocenters. The van der Waals surface area contributed by atoms with Gasteiger partial charge in [0.2, 0.25) is 0 Å². The quantitative estimate of drug-likeness (QED) is 0.677. The number of hydrogen-bond acceptors (Lipinski definition) is 1. The van der Waals surface area contributed by atoms with Crippen molar-refractivity contribution in [1.82, 2.24) is 0 Å². The minimum atomic E-state index is -0.0106. The molecular weight excluding hydrogens is 244 g/mol. The van der Waals surface area contributed by atoms with Crippen LogP contribution < -0.4 is 0 Å². The van der Waals surface area contributed by atoms with Crippen LogP contribution in [0.25, 0.3) is 0 Å². The van der Waals surface area contributed by atoms with Crippen molar-refractivity contribution in [2.75, 3.05) is 0 Å². The Hall–Kier alpha value is -1.37. The van der Waals surface area contributed by atoms with E-state index in [4.69, 9.17) is 0 Å². The Bertz CT molecular complexity index is 518. The van der Waals surface area contributed by atoms with Crippen LogP contribution in [0.5, 0.6) is 0 Å². The van der Waals surface area contributed by atoms with Crippen molar-refractivity contribution in [2.45, 2.75) is 55.4 Å². The first-order chi connectivity index (χ1) is 9.20. The highest BCUT2D eigenvalue weighted by Crippen LogP contribution is 2.44. The summed E-state index contributed by atoms with van der Waals surface area (Å²) in [6, 6.07) is 0. The van der Waals surface area contributed by atoms with Gasteiger partial charge in [-0.1, -0.05) is 22.3 Å². The van der Waals surface area contributed by atoms with Gasteiger partial charge in [-0.15, -0.1) is 0 Å². The lowest BCUT2D eigenvalue weighted by atomic mass is 9.80. The van der Waals surface area contributed by atoms with Gasteiger partial charge in [0.1, 0.15) is 0 Å². The number of carbonyl (C=O) groups is 1. The molecule has 1 nitrogen and oxygen atoms in total. The number of Topliss-reactive ketones (excluding diaryl/α,β-unsaturated/α-hetero) is 1. The molecule has 0 bridgehead atoms. The van der Waals surface area contributed by atoms with Crippen molar-refractivity contribution in [3.8, 4) is 0 Å². The smallest absolute Gasteiger partial charge is 0.155 e. The zero-order valence-corrected chi connectivity index (χ0v) is 14.1. The minimum absolute atomic E-state index is 0.0106. The zero-order chi connectivity index (χ0) is 15.4. The van der Waals surface area contributed by atoms with E-state index in [9.17, 15) is 4.79 Å². The van der Waals surface area contributed by atoms with Gasteiger partial charge in [-0.2, -0.15) is 0 Å². The first-order valence-corrected chi connectivity index (χ1v) is 7.44. The number of rotatable bonds is 2. The molecule has 2 aliphatic carbocycles. The maximum Gasteiger partial charge on any atom is 0.155 e. The van der Waals surface area contributed by atoms with E-state index in [0.29, 0.717) is 5.78 Å². The summed E-state index contributed by atoms with van der Waals surface area (Å²) in [5.74, 6) is 0.342. The maximum atomic E-state index is 13.1. The Morgan fingerprint density at radius 2 is 0.750 bits per heavy atom. The van der Waals surface area contributed by atoms with Gasteiger partial charge in [-0.25, -0.2) is 0 Å². The van der Waals surface area contributed by atoms with E-state index in [2.05, 4.69) is 55.4 Å². The predicted molar refractivity (Wildman–Crippen MR) is 85.5 cm³/mol. The van der Waals surface area contributed by atoms with Crippen molar-refractivity contribution in [2.24, 2.45) is 11.8 Å². The third-order valence-corrected chi connectivity index (χ3v) is 5.79. The van der Waals surface area contributed by atoms with Crippen molar-refractivity contribution in [3.63, 3.8) is 0 Å². The molecule has 0 spiro atoms. The highest BCUT2D eigenvalue weighted by molar-refractivity contribution is 5.95. The average molecular weight is 270 g/mol. The van der Waals surface area contributed by atoms with Gasteiger partial charge in [-0.05, 0) is 77.7 Å². The summed E-state index contributed by atoms with van der Waals surface area (Å²) in [7, 11) is 0. The molecule has 0 amide bonds.